The Bertz CT molecular complexity index is 349. The van der Waals surface area contributed by atoms with E-state index in [1.54, 1.807) is 0 Å². The summed E-state index contributed by atoms with van der Waals surface area (Å²) in [6.07, 6.45) is -4.30. The summed E-state index contributed by atoms with van der Waals surface area (Å²) in [6, 6.07) is 1.47. The predicted molar refractivity (Wildman–Crippen MR) is 52.0 cm³/mol. The molecule has 0 aliphatic carbocycles. The summed E-state index contributed by atoms with van der Waals surface area (Å²) in [5.74, 6) is 0. The SMILES string of the molecule is CC(C)(C)c1cc(Cl)n(CC(F)(F)F)n1. The standard InChI is InChI=1S/C9H12ClF3N2/c1-8(2,3)6-4-7(10)15(14-6)5-9(11,12)13/h4H,5H2,1-3H3. The zero-order valence-corrected chi connectivity index (χ0v) is 9.45. The average molecular weight is 241 g/mol. The molecule has 0 unspecified atom stereocenters. The lowest BCUT2D eigenvalue weighted by atomic mass is 9.93. The van der Waals surface area contributed by atoms with Crippen LogP contribution in [0.2, 0.25) is 5.15 Å². The first-order chi connectivity index (χ1) is 6.59. The van der Waals surface area contributed by atoms with Gasteiger partial charge < -0.3 is 0 Å². The van der Waals surface area contributed by atoms with Crippen LogP contribution in [0, 0.1) is 0 Å². The molecular weight excluding hydrogens is 229 g/mol. The van der Waals surface area contributed by atoms with Crippen molar-refractivity contribution in [3.63, 3.8) is 0 Å². The normalized spacial score (nSPS) is 13.3. The minimum absolute atomic E-state index is 0.0113. The minimum atomic E-state index is -4.30. The Morgan fingerprint density at radius 3 is 2.20 bits per heavy atom. The molecule has 1 aromatic heterocycles. The van der Waals surface area contributed by atoms with Crippen molar-refractivity contribution >= 4 is 11.6 Å². The first-order valence-electron chi connectivity index (χ1n) is 4.40. The van der Waals surface area contributed by atoms with Crippen LogP contribution >= 0.6 is 11.6 Å². The lowest BCUT2D eigenvalue weighted by Gasteiger charge is -2.14. The van der Waals surface area contributed by atoms with Gasteiger partial charge in [-0.05, 0) is 6.07 Å². The summed E-state index contributed by atoms with van der Waals surface area (Å²) in [6.45, 7) is 4.44. The summed E-state index contributed by atoms with van der Waals surface area (Å²) < 4.78 is 37.1. The zero-order chi connectivity index (χ0) is 11.9. The maximum absolute atomic E-state index is 12.1. The van der Waals surface area contributed by atoms with Gasteiger partial charge in [0.05, 0.1) is 5.69 Å². The summed E-state index contributed by atoms with van der Waals surface area (Å²) >= 11 is 5.66. The molecule has 0 radical (unpaired) electrons. The number of rotatable bonds is 1. The van der Waals surface area contributed by atoms with E-state index < -0.39 is 12.7 Å². The largest absolute Gasteiger partial charge is 0.408 e. The summed E-state index contributed by atoms with van der Waals surface area (Å²) in [5, 5.41) is 3.84. The molecule has 2 nitrogen and oxygen atoms in total. The molecule has 0 amide bonds. The van der Waals surface area contributed by atoms with Crippen molar-refractivity contribution in [1.82, 2.24) is 9.78 Å². The van der Waals surface area contributed by atoms with E-state index in [1.807, 2.05) is 20.8 Å². The second-order valence-electron chi connectivity index (χ2n) is 4.38. The van der Waals surface area contributed by atoms with Crippen LogP contribution in [-0.4, -0.2) is 16.0 Å². The molecule has 0 bridgehead atoms. The van der Waals surface area contributed by atoms with Crippen LogP contribution in [-0.2, 0) is 12.0 Å². The Hall–Kier alpha value is -0.710. The molecule has 0 spiro atoms. The van der Waals surface area contributed by atoms with Crippen LogP contribution in [0.5, 0.6) is 0 Å². The average Bonchev–Trinajstić information content (AvgIpc) is 2.27. The zero-order valence-electron chi connectivity index (χ0n) is 8.69. The van der Waals surface area contributed by atoms with Crippen LogP contribution in [0.25, 0.3) is 0 Å². The van der Waals surface area contributed by atoms with Crippen molar-refractivity contribution in [2.24, 2.45) is 0 Å². The van der Waals surface area contributed by atoms with Gasteiger partial charge in [-0.1, -0.05) is 32.4 Å². The molecule has 0 atom stereocenters. The summed E-state index contributed by atoms with van der Waals surface area (Å²) in [4.78, 5) is 0. The lowest BCUT2D eigenvalue weighted by molar-refractivity contribution is -0.142. The van der Waals surface area contributed by atoms with Gasteiger partial charge in [0.15, 0.2) is 0 Å². The van der Waals surface area contributed by atoms with Gasteiger partial charge in [-0.15, -0.1) is 0 Å². The predicted octanol–water partition coefficient (Wildman–Crippen LogP) is 3.40. The van der Waals surface area contributed by atoms with Gasteiger partial charge in [0.1, 0.15) is 11.7 Å². The van der Waals surface area contributed by atoms with Gasteiger partial charge in [-0.3, -0.25) is 0 Å². The topological polar surface area (TPSA) is 17.8 Å². The van der Waals surface area contributed by atoms with Gasteiger partial charge in [0, 0.05) is 5.41 Å². The molecule has 1 aromatic rings. The van der Waals surface area contributed by atoms with E-state index in [9.17, 15) is 13.2 Å². The van der Waals surface area contributed by atoms with E-state index in [2.05, 4.69) is 5.10 Å². The molecule has 6 heteroatoms. The smallest absolute Gasteiger partial charge is 0.245 e. The second kappa shape index (κ2) is 3.70. The third kappa shape index (κ3) is 3.41. The number of halogens is 4. The van der Waals surface area contributed by atoms with Crippen LogP contribution in [0.1, 0.15) is 26.5 Å². The highest BCUT2D eigenvalue weighted by Crippen LogP contribution is 2.26. The molecule has 0 saturated carbocycles. The van der Waals surface area contributed by atoms with Crippen molar-refractivity contribution in [1.29, 1.82) is 0 Å². The van der Waals surface area contributed by atoms with Gasteiger partial charge in [-0.2, -0.15) is 18.3 Å². The lowest BCUT2D eigenvalue weighted by Crippen LogP contribution is -2.20. The Balaban J connectivity index is 2.97. The van der Waals surface area contributed by atoms with Crippen LogP contribution in [0.3, 0.4) is 0 Å². The number of aromatic nitrogens is 2. The van der Waals surface area contributed by atoms with Gasteiger partial charge in [0.25, 0.3) is 0 Å². The van der Waals surface area contributed by atoms with Gasteiger partial charge >= 0.3 is 6.18 Å². The molecule has 0 aromatic carbocycles. The summed E-state index contributed by atoms with van der Waals surface area (Å²) in [5.41, 5.74) is 0.247. The molecule has 0 aliphatic rings. The van der Waals surface area contributed by atoms with Crippen molar-refractivity contribution in [2.45, 2.75) is 38.9 Å². The quantitative estimate of drug-likeness (QED) is 0.736. The number of alkyl halides is 3. The fraction of sp³-hybridized carbons (Fsp3) is 0.667. The molecule has 15 heavy (non-hydrogen) atoms. The second-order valence-corrected chi connectivity index (χ2v) is 4.76. The highest BCUT2D eigenvalue weighted by Gasteiger charge is 2.30. The maximum atomic E-state index is 12.1. The van der Waals surface area contributed by atoms with Crippen molar-refractivity contribution in [3.05, 3.63) is 16.9 Å². The van der Waals surface area contributed by atoms with Crippen LogP contribution in [0.15, 0.2) is 6.07 Å². The van der Waals surface area contributed by atoms with Crippen LogP contribution < -0.4 is 0 Å². The monoisotopic (exact) mass is 240 g/mol. The van der Waals surface area contributed by atoms with Gasteiger partial charge in [0.2, 0.25) is 0 Å². The third-order valence-corrected chi connectivity index (χ3v) is 2.13. The molecule has 86 valence electrons. The van der Waals surface area contributed by atoms with Crippen molar-refractivity contribution in [3.8, 4) is 0 Å². The number of nitrogens with zero attached hydrogens (tertiary/aromatic N) is 2. The Morgan fingerprint density at radius 2 is 1.87 bits per heavy atom. The fourth-order valence-electron chi connectivity index (χ4n) is 1.04. The number of hydrogen-bond acceptors (Lipinski definition) is 1. The molecule has 0 aliphatic heterocycles. The summed E-state index contributed by atoms with van der Waals surface area (Å²) in [7, 11) is 0. The molecule has 0 N–H and O–H groups in total. The molecule has 0 fully saturated rings. The van der Waals surface area contributed by atoms with Gasteiger partial charge in [-0.25, -0.2) is 4.68 Å². The van der Waals surface area contributed by atoms with E-state index in [1.165, 1.54) is 6.07 Å². The van der Waals surface area contributed by atoms with Crippen molar-refractivity contribution < 1.29 is 13.2 Å². The highest BCUT2D eigenvalue weighted by atomic mass is 35.5. The first-order valence-corrected chi connectivity index (χ1v) is 4.78. The van der Waals surface area contributed by atoms with Crippen molar-refractivity contribution in [2.75, 3.05) is 0 Å². The molecule has 1 heterocycles. The first kappa shape index (κ1) is 12.4. The Kier molecular flexibility index (Phi) is 3.05. The highest BCUT2D eigenvalue weighted by molar-refractivity contribution is 6.29. The van der Waals surface area contributed by atoms with E-state index in [4.69, 9.17) is 11.6 Å². The number of hydrogen-bond donors (Lipinski definition) is 0. The van der Waals surface area contributed by atoms with E-state index in [-0.39, 0.29) is 10.6 Å². The third-order valence-electron chi connectivity index (χ3n) is 1.83. The molecule has 0 saturated heterocycles. The Labute approximate surface area is 91.0 Å². The van der Waals surface area contributed by atoms with E-state index >= 15 is 0 Å². The van der Waals surface area contributed by atoms with E-state index in [0.29, 0.717) is 5.69 Å². The van der Waals surface area contributed by atoms with E-state index in [0.717, 1.165) is 4.68 Å². The maximum Gasteiger partial charge on any atom is 0.408 e. The molecular formula is C9H12ClF3N2. The fourth-order valence-corrected chi connectivity index (χ4v) is 1.24. The minimum Gasteiger partial charge on any atom is -0.245 e. The van der Waals surface area contributed by atoms with Crippen LogP contribution in [0.4, 0.5) is 13.2 Å². The molecule has 1 rings (SSSR count). The Morgan fingerprint density at radius 1 is 1.33 bits per heavy atom.